The van der Waals surface area contributed by atoms with Crippen LogP contribution in [0.1, 0.15) is 11.1 Å². The lowest BCUT2D eigenvalue weighted by Gasteiger charge is -2.14. The third-order valence-corrected chi connectivity index (χ3v) is 2.40. The van der Waals surface area contributed by atoms with Crippen LogP contribution in [-0.2, 0) is 17.4 Å². The number of hydrogen-bond donors (Lipinski definition) is 1. The highest BCUT2D eigenvalue weighted by Crippen LogP contribution is 2.36. The summed E-state index contributed by atoms with van der Waals surface area (Å²) >= 11 is 5.29. The molecule has 8 heteroatoms. The Hall–Kier alpha value is -1.37. The predicted molar refractivity (Wildman–Crippen MR) is 52.7 cm³/mol. The first-order valence-electron chi connectivity index (χ1n) is 4.51. The van der Waals surface area contributed by atoms with E-state index in [2.05, 4.69) is 0 Å². The molecule has 0 saturated carbocycles. The van der Waals surface area contributed by atoms with Crippen LogP contribution in [0.25, 0.3) is 0 Å². The number of benzene rings is 1. The lowest BCUT2D eigenvalue weighted by atomic mass is 10.0. The van der Waals surface area contributed by atoms with Gasteiger partial charge in [-0.3, -0.25) is 0 Å². The maximum absolute atomic E-state index is 12.8. The minimum absolute atomic E-state index is 0.416. The summed E-state index contributed by atoms with van der Waals surface area (Å²) in [5, 5.41) is 7.55. The van der Waals surface area contributed by atoms with Crippen molar-refractivity contribution in [3.8, 4) is 0 Å². The SMILES string of the molecule is O=C(O)C(F)(F)Cc1ccc(Cl)c(C(F)(F)F)c1. The summed E-state index contributed by atoms with van der Waals surface area (Å²) in [6.07, 6.45) is -6.12. The average molecular weight is 289 g/mol. The average Bonchev–Trinajstić information content (AvgIpc) is 2.18. The van der Waals surface area contributed by atoms with Crippen molar-refractivity contribution in [2.45, 2.75) is 18.5 Å². The highest BCUT2D eigenvalue weighted by molar-refractivity contribution is 6.31. The molecular weight excluding hydrogens is 283 g/mol. The van der Waals surface area contributed by atoms with E-state index in [0.717, 1.165) is 12.1 Å². The first-order chi connectivity index (χ1) is 8.04. The van der Waals surface area contributed by atoms with E-state index in [-0.39, 0.29) is 0 Å². The number of rotatable bonds is 3. The number of carbonyl (C=O) groups is 1. The van der Waals surface area contributed by atoms with E-state index in [1.54, 1.807) is 0 Å². The van der Waals surface area contributed by atoms with E-state index >= 15 is 0 Å². The summed E-state index contributed by atoms with van der Waals surface area (Å²) in [5.74, 6) is -6.53. The molecule has 0 bridgehead atoms. The van der Waals surface area contributed by atoms with E-state index in [1.807, 2.05) is 0 Å². The van der Waals surface area contributed by atoms with Gasteiger partial charge in [0.1, 0.15) is 0 Å². The zero-order valence-corrected chi connectivity index (χ0v) is 9.32. The Morgan fingerprint density at radius 2 is 1.78 bits per heavy atom. The molecule has 0 fully saturated rings. The van der Waals surface area contributed by atoms with E-state index in [0.29, 0.717) is 6.07 Å². The third kappa shape index (κ3) is 3.32. The molecular formula is C10H6ClF5O2. The highest BCUT2D eigenvalue weighted by atomic mass is 35.5. The molecule has 0 amide bonds. The van der Waals surface area contributed by atoms with Crippen LogP contribution in [-0.4, -0.2) is 17.0 Å². The summed E-state index contributed by atoms with van der Waals surface area (Å²) < 4.78 is 63.0. The molecule has 0 unspecified atom stereocenters. The first-order valence-corrected chi connectivity index (χ1v) is 4.88. The third-order valence-electron chi connectivity index (χ3n) is 2.08. The van der Waals surface area contributed by atoms with Crippen LogP contribution in [0.2, 0.25) is 5.02 Å². The van der Waals surface area contributed by atoms with Gasteiger partial charge in [0.25, 0.3) is 0 Å². The van der Waals surface area contributed by atoms with Gasteiger partial charge >= 0.3 is 18.1 Å². The fourth-order valence-electron chi connectivity index (χ4n) is 1.23. The van der Waals surface area contributed by atoms with Crippen molar-refractivity contribution in [2.75, 3.05) is 0 Å². The molecule has 1 N–H and O–H groups in total. The molecule has 1 rings (SSSR count). The van der Waals surface area contributed by atoms with Gasteiger partial charge in [0.15, 0.2) is 0 Å². The van der Waals surface area contributed by atoms with Crippen molar-refractivity contribution in [1.29, 1.82) is 0 Å². The van der Waals surface area contributed by atoms with Gasteiger partial charge in [-0.05, 0) is 17.7 Å². The van der Waals surface area contributed by atoms with Crippen LogP contribution in [0, 0.1) is 0 Å². The molecule has 0 radical (unpaired) electrons. The molecule has 2 nitrogen and oxygen atoms in total. The van der Waals surface area contributed by atoms with Gasteiger partial charge in [-0.15, -0.1) is 0 Å². The number of aliphatic carboxylic acids is 1. The fraction of sp³-hybridized carbons (Fsp3) is 0.300. The van der Waals surface area contributed by atoms with Crippen molar-refractivity contribution < 1.29 is 31.9 Å². The molecule has 1 aromatic carbocycles. The molecule has 0 aromatic heterocycles. The minimum atomic E-state index is -4.79. The van der Waals surface area contributed by atoms with Crippen LogP contribution >= 0.6 is 11.6 Å². The molecule has 0 atom stereocenters. The first kappa shape index (κ1) is 14.7. The molecule has 0 heterocycles. The zero-order chi connectivity index (χ0) is 14.1. The molecule has 0 aliphatic heterocycles. The minimum Gasteiger partial charge on any atom is -0.477 e. The van der Waals surface area contributed by atoms with Gasteiger partial charge in [-0.25, -0.2) is 4.79 Å². The number of carboxylic acid groups (broad SMARTS) is 1. The Labute approximate surface area is 103 Å². The van der Waals surface area contributed by atoms with Gasteiger partial charge in [-0.1, -0.05) is 17.7 Å². The quantitative estimate of drug-likeness (QED) is 0.863. The summed E-state index contributed by atoms with van der Waals surface area (Å²) in [7, 11) is 0. The Bertz CT molecular complexity index is 470. The number of alkyl halides is 5. The maximum atomic E-state index is 12.8. The van der Waals surface area contributed by atoms with Crippen molar-refractivity contribution in [2.24, 2.45) is 0 Å². The van der Waals surface area contributed by atoms with E-state index < -0.39 is 40.6 Å². The number of carboxylic acids is 1. The van der Waals surface area contributed by atoms with E-state index in [9.17, 15) is 26.7 Å². The van der Waals surface area contributed by atoms with E-state index in [1.165, 1.54) is 0 Å². The van der Waals surface area contributed by atoms with Gasteiger partial charge in [-0.2, -0.15) is 22.0 Å². The normalized spacial score (nSPS) is 12.6. The van der Waals surface area contributed by atoms with Crippen molar-refractivity contribution in [3.63, 3.8) is 0 Å². The lowest BCUT2D eigenvalue weighted by Crippen LogP contribution is -2.30. The highest BCUT2D eigenvalue weighted by Gasteiger charge is 2.40. The fourth-order valence-corrected chi connectivity index (χ4v) is 1.46. The second-order valence-corrected chi connectivity index (χ2v) is 3.91. The Balaban J connectivity index is 3.11. The smallest absolute Gasteiger partial charge is 0.417 e. The second kappa shape index (κ2) is 4.72. The topological polar surface area (TPSA) is 37.3 Å². The van der Waals surface area contributed by atoms with E-state index in [4.69, 9.17) is 16.7 Å². The molecule has 0 saturated heterocycles. The monoisotopic (exact) mass is 288 g/mol. The molecule has 0 aliphatic carbocycles. The lowest BCUT2D eigenvalue weighted by molar-refractivity contribution is -0.164. The molecule has 1 aromatic rings. The van der Waals surface area contributed by atoms with Gasteiger partial charge in [0.05, 0.1) is 10.6 Å². The predicted octanol–water partition coefficient (Wildman–Crippen LogP) is 3.62. The van der Waals surface area contributed by atoms with Gasteiger partial charge in [0.2, 0.25) is 0 Å². The largest absolute Gasteiger partial charge is 0.477 e. The summed E-state index contributed by atoms with van der Waals surface area (Å²) in [4.78, 5) is 10.2. The molecule has 100 valence electrons. The standard InChI is InChI=1S/C10H6ClF5O2/c11-7-2-1-5(3-6(7)10(14,15)16)4-9(12,13)8(17)18/h1-3H,4H2,(H,17,18). The number of halogens is 6. The maximum Gasteiger partial charge on any atom is 0.417 e. The Morgan fingerprint density at radius 1 is 1.22 bits per heavy atom. The Morgan fingerprint density at radius 3 is 2.22 bits per heavy atom. The van der Waals surface area contributed by atoms with Gasteiger partial charge < -0.3 is 5.11 Å². The van der Waals surface area contributed by atoms with Crippen molar-refractivity contribution >= 4 is 17.6 Å². The van der Waals surface area contributed by atoms with Crippen LogP contribution in [0.3, 0.4) is 0 Å². The second-order valence-electron chi connectivity index (χ2n) is 3.50. The van der Waals surface area contributed by atoms with Crippen LogP contribution in [0.5, 0.6) is 0 Å². The summed E-state index contributed by atoms with van der Waals surface area (Å²) in [6.45, 7) is 0. The summed E-state index contributed by atoms with van der Waals surface area (Å²) in [6, 6.07) is 2.14. The number of hydrogen-bond acceptors (Lipinski definition) is 1. The van der Waals surface area contributed by atoms with Crippen LogP contribution in [0.15, 0.2) is 18.2 Å². The molecule has 0 spiro atoms. The molecule has 0 aliphatic rings. The van der Waals surface area contributed by atoms with Crippen molar-refractivity contribution in [3.05, 3.63) is 34.3 Å². The van der Waals surface area contributed by atoms with Crippen LogP contribution < -0.4 is 0 Å². The van der Waals surface area contributed by atoms with Crippen LogP contribution in [0.4, 0.5) is 22.0 Å². The molecule has 18 heavy (non-hydrogen) atoms. The zero-order valence-electron chi connectivity index (χ0n) is 8.56. The van der Waals surface area contributed by atoms with Crippen molar-refractivity contribution in [1.82, 2.24) is 0 Å². The summed E-state index contributed by atoms with van der Waals surface area (Å²) in [5.41, 5.74) is -1.73. The Kier molecular flexibility index (Phi) is 3.85. The van der Waals surface area contributed by atoms with Gasteiger partial charge in [0, 0.05) is 6.42 Å².